The highest BCUT2D eigenvalue weighted by Gasteiger charge is 2.46. The van der Waals surface area contributed by atoms with Gasteiger partial charge in [-0.25, -0.2) is 28.8 Å². The smallest absolute Gasteiger partial charge is 0.412 e. The minimum Gasteiger partial charge on any atom is -0.438 e. The number of aromatic nitrogens is 8. The Labute approximate surface area is 527 Å². The first kappa shape index (κ1) is 60.6. The fourth-order valence-electron chi connectivity index (χ4n) is 14.2. The van der Waals surface area contributed by atoms with E-state index < -0.39 is 36.1 Å². The SMILES string of the molecule is Cc1cc(CC(OC(=O)N2CCC(n3c(=O)[nH]c4ccccc43)CC2)C(=O)N2CCC(c3ccccn3)CC2)cc2[nH]c(=O)[nH]c12.Cc1cc(CC(OC(=O)N2CCC3(CC2)OC(=O)Nc2ccccc23)C(=O)N2CCC(c3ccccn3)CC2)cc2[nH]c(=O)[nH]c12. The van der Waals surface area contributed by atoms with E-state index in [1.165, 1.54) is 0 Å². The van der Waals surface area contributed by atoms with Crippen LogP contribution in [-0.4, -0.2) is 154 Å². The van der Waals surface area contributed by atoms with Gasteiger partial charge in [-0.15, -0.1) is 0 Å². The first-order valence-electron chi connectivity index (χ1n) is 31.6. The van der Waals surface area contributed by atoms with E-state index in [0.29, 0.717) is 106 Å². The topological polar surface area (TPSA) is 299 Å². The molecule has 0 radical (unpaired) electrons. The van der Waals surface area contributed by atoms with E-state index in [1.807, 2.05) is 123 Å². The number of nitrogens with zero attached hydrogens (tertiary/aromatic N) is 7. The largest absolute Gasteiger partial charge is 0.438 e. The van der Waals surface area contributed by atoms with Crippen LogP contribution in [0.3, 0.4) is 0 Å². The summed E-state index contributed by atoms with van der Waals surface area (Å²) in [6.07, 6.45) is 5.26. The number of aromatic amines is 5. The number of hydrogen-bond donors (Lipinski definition) is 6. The Hall–Kier alpha value is -10.3. The summed E-state index contributed by atoms with van der Waals surface area (Å²) in [4.78, 5) is 134. The van der Waals surface area contributed by atoms with Gasteiger partial charge in [-0.3, -0.25) is 29.4 Å². The highest BCUT2D eigenvalue weighted by atomic mass is 16.6. The molecule has 4 fully saturated rings. The molecule has 14 rings (SSSR count). The molecule has 2 atom stereocenters. The molecule has 92 heavy (non-hydrogen) atoms. The summed E-state index contributed by atoms with van der Waals surface area (Å²) in [6.45, 7) is 7.33. The van der Waals surface area contributed by atoms with E-state index in [4.69, 9.17) is 14.2 Å². The van der Waals surface area contributed by atoms with Crippen molar-refractivity contribution in [1.82, 2.24) is 59.1 Å². The van der Waals surface area contributed by atoms with Gasteiger partial charge in [0.1, 0.15) is 5.60 Å². The minimum atomic E-state index is -1.06. The zero-order valence-corrected chi connectivity index (χ0v) is 51.3. The van der Waals surface area contributed by atoms with Crippen molar-refractivity contribution in [3.8, 4) is 0 Å². The molecular formula is C68H73N13O11. The highest BCUT2D eigenvalue weighted by molar-refractivity contribution is 5.89. The van der Waals surface area contributed by atoms with Crippen molar-refractivity contribution in [3.05, 3.63) is 192 Å². The van der Waals surface area contributed by atoms with Crippen molar-refractivity contribution in [2.75, 3.05) is 57.7 Å². The van der Waals surface area contributed by atoms with Gasteiger partial charge in [-0.2, -0.15) is 0 Å². The Balaban J connectivity index is 0.000000168. The lowest BCUT2D eigenvalue weighted by Crippen LogP contribution is -2.51. The predicted octanol–water partition coefficient (Wildman–Crippen LogP) is 8.56. The third-order valence-electron chi connectivity index (χ3n) is 19.0. The number of anilines is 1. The van der Waals surface area contributed by atoms with Crippen molar-refractivity contribution in [2.45, 2.75) is 114 Å². The van der Waals surface area contributed by atoms with Crippen LogP contribution in [0.2, 0.25) is 0 Å². The van der Waals surface area contributed by atoms with Crippen molar-refractivity contribution in [3.63, 3.8) is 0 Å². The van der Waals surface area contributed by atoms with E-state index >= 15 is 0 Å². The Kier molecular flexibility index (Phi) is 17.1. The summed E-state index contributed by atoms with van der Waals surface area (Å²) < 4.78 is 19.6. The number of fused-ring (bicyclic) bond motifs is 5. The lowest BCUT2D eigenvalue weighted by atomic mass is 9.82. The number of para-hydroxylation sites is 3. The van der Waals surface area contributed by atoms with Crippen LogP contribution in [0.1, 0.15) is 108 Å². The molecule has 4 aromatic carbocycles. The fraction of sp³-hybridized carbons (Fsp3) is 0.382. The third kappa shape index (κ3) is 12.8. The number of imidazole rings is 3. The first-order chi connectivity index (χ1) is 44.6. The van der Waals surface area contributed by atoms with Gasteiger partial charge in [-0.1, -0.05) is 54.6 Å². The fourth-order valence-corrected chi connectivity index (χ4v) is 14.2. The summed E-state index contributed by atoms with van der Waals surface area (Å²) in [6, 6.07) is 34.3. The number of pyridine rings is 2. The molecule has 476 valence electrons. The first-order valence-corrected chi connectivity index (χ1v) is 31.6. The van der Waals surface area contributed by atoms with Crippen LogP contribution in [0, 0.1) is 13.8 Å². The van der Waals surface area contributed by atoms with E-state index in [-0.39, 0.29) is 59.6 Å². The molecule has 2 unspecified atom stereocenters. The minimum absolute atomic E-state index is 0.0521. The van der Waals surface area contributed by atoms with Crippen molar-refractivity contribution in [1.29, 1.82) is 0 Å². The Morgan fingerprint density at radius 2 is 1.02 bits per heavy atom. The number of H-pyrrole nitrogens is 5. The number of amides is 5. The molecule has 24 nitrogen and oxygen atoms in total. The molecular weight excluding hydrogens is 1170 g/mol. The molecule has 0 aliphatic carbocycles. The number of hydrogen-bond acceptors (Lipinski definition) is 13. The normalized spacial score (nSPS) is 17.8. The molecule has 10 heterocycles. The number of rotatable bonds is 11. The molecule has 0 saturated carbocycles. The molecule has 5 aliphatic heterocycles. The number of piperidine rings is 4. The lowest BCUT2D eigenvalue weighted by molar-refractivity contribution is -0.142. The van der Waals surface area contributed by atoms with E-state index in [1.54, 1.807) is 36.6 Å². The average Bonchev–Trinajstić information content (AvgIpc) is 1.02. The highest BCUT2D eigenvalue weighted by Crippen LogP contribution is 2.44. The second-order valence-electron chi connectivity index (χ2n) is 24.8. The van der Waals surface area contributed by atoms with Crippen LogP contribution >= 0.6 is 0 Å². The summed E-state index contributed by atoms with van der Waals surface area (Å²) in [7, 11) is 0. The molecule has 9 aromatic rings. The number of aryl methyl sites for hydroxylation is 2. The van der Waals surface area contributed by atoms with Crippen molar-refractivity contribution >= 4 is 68.9 Å². The number of carbonyl (C=O) groups is 5. The monoisotopic (exact) mass is 1250 g/mol. The number of ether oxygens (including phenoxy) is 3. The maximum Gasteiger partial charge on any atom is 0.412 e. The van der Waals surface area contributed by atoms with Crippen LogP contribution in [0.5, 0.6) is 0 Å². The maximum absolute atomic E-state index is 14.0. The lowest BCUT2D eigenvalue weighted by Gasteiger charge is -2.44. The van der Waals surface area contributed by atoms with E-state index in [0.717, 1.165) is 75.9 Å². The van der Waals surface area contributed by atoms with Gasteiger partial charge in [0.25, 0.3) is 11.8 Å². The average molecular weight is 1250 g/mol. The molecule has 5 aromatic heterocycles. The van der Waals surface area contributed by atoms with Crippen LogP contribution in [0.25, 0.3) is 33.1 Å². The zero-order valence-electron chi connectivity index (χ0n) is 51.3. The van der Waals surface area contributed by atoms with Gasteiger partial charge >= 0.3 is 35.3 Å². The number of benzene rings is 4. The second kappa shape index (κ2) is 25.9. The van der Waals surface area contributed by atoms with Crippen molar-refractivity contribution < 1.29 is 38.2 Å². The third-order valence-corrected chi connectivity index (χ3v) is 19.0. The van der Waals surface area contributed by atoms with Gasteiger partial charge in [0.2, 0.25) is 0 Å². The van der Waals surface area contributed by atoms with Crippen LogP contribution in [0.15, 0.2) is 136 Å². The molecule has 5 amide bonds. The molecule has 4 saturated heterocycles. The zero-order chi connectivity index (χ0) is 63.6. The predicted molar refractivity (Wildman–Crippen MR) is 342 cm³/mol. The quantitative estimate of drug-likeness (QED) is 0.0662. The van der Waals surface area contributed by atoms with Crippen LogP contribution in [-0.2, 0) is 42.2 Å². The van der Waals surface area contributed by atoms with Gasteiger partial charge in [0.05, 0.1) is 38.8 Å². The summed E-state index contributed by atoms with van der Waals surface area (Å²) in [5.74, 6) is 0.0560. The molecule has 1 spiro atoms. The summed E-state index contributed by atoms with van der Waals surface area (Å²) >= 11 is 0. The van der Waals surface area contributed by atoms with Gasteiger partial charge in [0, 0.05) is 125 Å². The van der Waals surface area contributed by atoms with E-state index in [9.17, 15) is 38.4 Å². The molecule has 6 N–H and O–H groups in total. The van der Waals surface area contributed by atoms with Gasteiger partial charge < -0.3 is 58.7 Å². The molecule has 0 bridgehead atoms. The van der Waals surface area contributed by atoms with Crippen LogP contribution in [0.4, 0.5) is 20.1 Å². The van der Waals surface area contributed by atoms with Crippen LogP contribution < -0.4 is 22.4 Å². The van der Waals surface area contributed by atoms with Gasteiger partial charge in [-0.05, 0) is 129 Å². The van der Waals surface area contributed by atoms with Crippen molar-refractivity contribution in [2.24, 2.45) is 0 Å². The Bertz CT molecular complexity index is 4390. The Morgan fingerprint density at radius 3 is 1.54 bits per heavy atom. The number of likely N-dealkylation sites (tertiary alicyclic amines) is 4. The summed E-state index contributed by atoms with van der Waals surface area (Å²) in [5, 5.41) is 2.75. The number of carbonyl (C=O) groups excluding carboxylic acids is 5. The van der Waals surface area contributed by atoms with E-state index in [2.05, 4.69) is 40.2 Å². The molecule has 5 aliphatic rings. The standard InChI is InChI=1S/C34H37N7O5.C34H36N6O6/c1-21-18-22(19-27-30(21)38-32(43)36-27)20-29(31(42)39-14-9-23(10-15-39)25-6-4-5-13-35-25)46-34(45)40-16-11-24(12-17-40)41-28-8-3-2-7-26(28)37-33(41)44;1-21-18-22(19-27-29(21)38-31(42)36-27)20-28(30(41)39-14-9-23(10-15-39)25-7-4-5-13-35-25)45-33(44)40-16-11-34(12-17-40)24-6-2-3-8-26(24)37-32(43)46-34/h2-8,13,18-19,23-24,29H,9-12,14-17,20H2,1H3,(H,37,44)(H2,36,38,43);2-8,13,18-19,23,28H,9-12,14-17,20H2,1H3,(H,37,43)(H2,36,38,42). The second-order valence-corrected chi connectivity index (χ2v) is 24.8. The Morgan fingerprint density at radius 1 is 0.543 bits per heavy atom. The summed E-state index contributed by atoms with van der Waals surface area (Å²) in [5.41, 5.74) is 9.62. The maximum atomic E-state index is 14.0. The molecule has 24 heteroatoms. The number of nitrogens with one attached hydrogen (secondary N) is 6. The van der Waals surface area contributed by atoms with Gasteiger partial charge in [0.15, 0.2) is 12.2 Å².